The summed E-state index contributed by atoms with van der Waals surface area (Å²) < 4.78 is 38.4. The first kappa shape index (κ1) is 23.6. The lowest BCUT2D eigenvalue weighted by Gasteiger charge is -2.34. The number of carbonyl (C=O) groups excluding carboxylic acids is 1. The van der Waals surface area contributed by atoms with E-state index in [0.29, 0.717) is 50.9 Å². The van der Waals surface area contributed by atoms with Gasteiger partial charge in [-0.05, 0) is 74.1 Å². The smallest absolute Gasteiger partial charge is 0.243 e. The molecule has 2 fully saturated rings. The van der Waals surface area contributed by atoms with E-state index in [9.17, 15) is 13.2 Å². The van der Waals surface area contributed by atoms with Crippen LogP contribution in [0.1, 0.15) is 37.7 Å². The van der Waals surface area contributed by atoms with Gasteiger partial charge in [0.2, 0.25) is 15.9 Å². The quantitative estimate of drug-likeness (QED) is 0.588. The van der Waals surface area contributed by atoms with Gasteiger partial charge in [-0.25, -0.2) is 8.42 Å². The third-order valence-corrected chi connectivity index (χ3v) is 8.33. The summed E-state index contributed by atoms with van der Waals surface area (Å²) in [6, 6.07) is 14.4. The zero-order valence-electron chi connectivity index (χ0n) is 19.1. The van der Waals surface area contributed by atoms with Crippen molar-refractivity contribution in [1.29, 1.82) is 0 Å². The molecule has 1 saturated carbocycles. The SMILES string of the molecule is COc1ccc(S(=O)(=O)N2CCN(C(=O)CCc3cccc(OC4CCCC4)c3)CC2)cc1. The van der Waals surface area contributed by atoms with Gasteiger partial charge >= 0.3 is 0 Å². The van der Waals surface area contributed by atoms with Gasteiger partial charge in [0.15, 0.2) is 0 Å². The van der Waals surface area contributed by atoms with Gasteiger partial charge in [0.05, 0.1) is 18.1 Å². The van der Waals surface area contributed by atoms with E-state index in [1.807, 2.05) is 24.3 Å². The number of nitrogens with zero attached hydrogens (tertiary/aromatic N) is 2. The second kappa shape index (κ2) is 10.6. The highest BCUT2D eigenvalue weighted by molar-refractivity contribution is 7.89. The maximum Gasteiger partial charge on any atom is 0.243 e. The van der Waals surface area contributed by atoms with Crippen LogP contribution in [0, 0.1) is 0 Å². The Labute approximate surface area is 196 Å². The molecule has 4 rings (SSSR count). The first-order chi connectivity index (χ1) is 16.0. The van der Waals surface area contributed by atoms with Crippen molar-refractivity contribution in [1.82, 2.24) is 9.21 Å². The van der Waals surface area contributed by atoms with Crippen molar-refractivity contribution in [3.8, 4) is 11.5 Å². The fourth-order valence-corrected chi connectivity index (χ4v) is 5.88. The zero-order chi connectivity index (χ0) is 23.3. The summed E-state index contributed by atoms with van der Waals surface area (Å²) in [5.74, 6) is 1.54. The Hall–Kier alpha value is -2.58. The minimum absolute atomic E-state index is 0.0543. The Morgan fingerprint density at radius 1 is 0.970 bits per heavy atom. The number of aryl methyl sites for hydroxylation is 1. The van der Waals surface area contributed by atoms with Crippen LogP contribution in [-0.2, 0) is 21.2 Å². The van der Waals surface area contributed by atoms with Gasteiger partial charge in [0.25, 0.3) is 0 Å². The van der Waals surface area contributed by atoms with Crippen LogP contribution in [0.4, 0.5) is 0 Å². The standard InChI is InChI=1S/C25H32N2O5S/c1-31-21-10-12-24(13-11-21)33(29,30)27-17-15-26(16-18-27)25(28)14-9-20-5-4-8-23(19-20)32-22-6-2-3-7-22/h4-5,8,10-13,19,22H,2-3,6-7,9,14-18H2,1H3. The van der Waals surface area contributed by atoms with Crippen molar-refractivity contribution < 1.29 is 22.7 Å². The maximum absolute atomic E-state index is 12.9. The van der Waals surface area contributed by atoms with E-state index < -0.39 is 10.0 Å². The monoisotopic (exact) mass is 472 g/mol. The summed E-state index contributed by atoms with van der Waals surface area (Å²) in [4.78, 5) is 14.7. The highest BCUT2D eigenvalue weighted by Gasteiger charge is 2.30. The van der Waals surface area contributed by atoms with E-state index in [-0.39, 0.29) is 10.8 Å². The number of amides is 1. The van der Waals surface area contributed by atoms with Crippen molar-refractivity contribution in [2.45, 2.75) is 49.5 Å². The first-order valence-electron chi connectivity index (χ1n) is 11.6. The molecule has 0 spiro atoms. The molecule has 178 valence electrons. The molecule has 7 nitrogen and oxygen atoms in total. The lowest BCUT2D eigenvalue weighted by atomic mass is 10.1. The summed E-state index contributed by atoms with van der Waals surface area (Å²) in [6.07, 6.45) is 6.04. The number of hydrogen-bond donors (Lipinski definition) is 0. The molecule has 1 aliphatic carbocycles. The fourth-order valence-electron chi connectivity index (χ4n) is 4.46. The average molecular weight is 473 g/mol. The summed E-state index contributed by atoms with van der Waals surface area (Å²) in [5.41, 5.74) is 1.08. The number of hydrogen-bond acceptors (Lipinski definition) is 5. The lowest BCUT2D eigenvalue weighted by molar-refractivity contribution is -0.132. The Bertz CT molecular complexity index is 1040. The molecular weight excluding hydrogens is 440 g/mol. The molecule has 1 amide bonds. The molecule has 0 aromatic heterocycles. The number of benzene rings is 2. The predicted octanol–water partition coefficient (Wildman–Crippen LogP) is 3.48. The number of piperazine rings is 1. The largest absolute Gasteiger partial charge is 0.497 e. The number of methoxy groups -OCH3 is 1. The molecule has 2 aliphatic rings. The van der Waals surface area contributed by atoms with E-state index in [4.69, 9.17) is 9.47 Å². The Balaban J connectivity index is 1.27. The summed E-state index contributed by atoms with van der Waals surface area (Å²) >= 11 is 0. The Morgan fingerprint density at radius 2 is 1.67 bits per heavy atom. The molecule has 0 N–H and O–H groups in total. The lowest BCUT2D eigenvalue weighted by Crippen LogP contribution is -2.50. The van der Waals surface area contributed by atoms with E-state index >= 15 is 0 Å². The fraction of sp³-hybridized carbons (Fsp3) is 0.480. The van der Waals surface area contributed by atoms with Crippen LogP contribution in [0.15, 0.2) is 53.4 Å². The molecule has 0 atom stereocenters. The van der Waals surface area contributed by atoms with Gasteiger partial charge in [-0.15, -0.1) is 0 Å². The van der Waals surface area contributed by atoms with Gasteiger partial charge in [-0.1, -0.05) is 12.1 Å². The summed E-state index contributed by atoms with van der Waals surface area (Å²) in [6.45, 7) is 1.40. The summed E-state index contributed by atoms with van der Waals surface area (Å²) in [7, 11) is -2.04. The van der Waals surface area contributed by atoms with E-state index in [1.165, 1.54) is 17.1 Å². The summed E-state index contributed by atoms with van der Waals surface area (Å²) in [5, 5.41) is 0. The molecule has 2 aromatic rings. The first-order valence-corrected chi connectivity index (χ1v) is 13.1. The van der Waals surface area contributed by atoms with E-state index in [0.717, 1.165) is 24.2 Å². The average Bonchev–Trinajstić information content (AvgIpc) is 3.36. The number of ether oxygens (including phenoxy) is 2. The van der Waals surface area contributed by atoms with Gasteiger partial charge in [-0.2, -0.15) is 4.31 Å². The molecule has 0 radical (unpaired) electrons. The maximum atomic E-state index is 12.9. The molecule has 0 bridgehead atoms. The van der Waals surface area contributed by atoms with Crippen LogP contribution in [0.2, 0.25) is 0 Å². The van der Waals surface area contributed by atoms with E-state index in [1.54, 1.807) is 36.3 Å². The number of rotatable bonds is 8. The second-order valence-corrected chi connectivity index (χ2v) is 10.6. The van der Waals surface area contributed by atoms with Crippen molar-refractivity contribution in [2.75, 3.05) is 33.3 Å². The minimum atomic E-state index is -3.58. The molecule has 1 heterocycles. The van der Waals surface area contributed by atoms with Crippen molar-refractivity contribution in [3.05, 3.63) is 54.1 Å². The molecule has 0 unspecified atom stereocenters. The number of carbonyl (C=O) groups is 1. The molecule has 1 saturated heterocycles. The van der Waals surface area contributed by atoms with Gasteiger partial charge in [-0.3, -0.25) is 4.79 Å². The molecule has 2 aromatic carbocycles. The third-order valence-electron chi connectivity index (χ3n) is 6.42. The molecule has 33 heavy (non-hydrogen) atoms. The van der Waals surface area contributed by atoms with Crippen LogP contribution in [-0.4, -0.2) is 62.9 Å². The highest BCUT2D eigenvalue weighted by Crippen LogP contribution is 2.25. The Morgan fingerprint density at radius 3 is 2.33 bits per heavy atom. The van der Waals surface area contributed by atoms with Gasteiger partial charge in [0.1, 0.15) is 11.5 Å². The van der Waals surface area contributed by atoms with Crippen LogP contribution in [0.25, 0.3) is 0 Å². The molecular formula is C25H32N2O5S. The van der Waals surface area contributed by atoms with Crippen molar-refractivity contribution in [2.24, 2.45) is 0 Å². The van der Waals surface area contributed by atoms with Crippen LogP contribution >= 0.6 is 0 Å². The van der Waals surface area contributed by atoms with Crippen molar-refractivity contribution >= 4 is 15.9 Å². The topological polar surface area (TPSA) is 76.2 Å². The normalized spacial score (nSPS) is 17.8. The third kappa shape index (κ3) is 5.86. The van der Waals surface area contributed by atoms with Crippen LogP contribution in [0.5, 0.6) is 11.5 Å². The minimum Gasteiger partial charge on any atom is -0.497 e. The van der Waals surface area contributed by atoms with Gasteiger partial charge < -0.3 is 14.4 Å². The zero-order valence-corrected chi connectivity index (χ0v) is 19.9. The van der Waals surface area contributed by atoms with Gasteiger partial charge in [0, 0.05) is 32.6 Å². The highest BCUT2D eigenvalue weighted by atomic mass is 32.2. The van der Waals surface area contributed by atoms with Crippen LogP contribution in [0.3, 0.4) is 0 Å². The molecule has 8 heteroatoms. The van der Waals surface area contributed by atoms with E-state index in [2.05, 4.69) is 0 Å². The molecule has 1 aliphatic heterocycles. The second-order valence-electron chi connectivity index (χ2n) is 8.63. The van der Waals surface area contributed by atoms with Crippen molar-refractivity contribution in [3.63, 3.8) is 0 Å². The van der Waals surface area contributed by atoms with Crippen LogP contribution < -0.4 is 9.47 Å². The Kier molecular flexibility index (Phi) is 7.55. The predicted molar refractivity (Wildman–Crippen MR) is 126 cm³/mol. The number of sulfonamides is 1.